The summed E-state index contributed by atoms with van der Waals surface area (Å²) < 4.78 is 46.0. The van der Waals surface area contributed by atoms with Gasteiger partial charge in [-0.1, -0.05) is 0 Å². The number of carbonyl (C=O) groups is 2. The van der Waals surface area contributed by atoms with Gasteiger partial charge < -0.3 is 20.1 Å². The molecule has 0 atom stereocenters. The zero-order valence-corrected chi connectivity index (χ0v) is 16.0. The lowest BCUT2D eigenvalue weighted by molar-refractivity contribution is -0.274. The van der Waals surface area contributed by atoms with Gasteiger partial charge in [-0.2, -0.15) is 0 Å². The van der Waals surface area contributed by atoms with Crippen LogP contribution >= 0.6 is 0 Å². The third kappa shape index (κ3) is 7.32. The highest BCUT2D eigenvalue weighted by Gasteiger charge is 2.31. The fourth-order valence-corrected chi connectivity index (χ4v) is 2.45. The van der Waals surface area contributed by atoms with Crippen molar-refractivity contribution in [2.24, 2.45) is 0 Å². The molecule has 7 nitrogen and oxygen atoms in total. The summed E-state index contributed by atoms with van der Waals surface area (Å²) in [5.41, 5.74) is 1.35. The van der Waals surface area contributed by atoms with Crippen molar-refractivity contribution >= 4 is 17.6 Å². The number of carbonyl (C=O) groups excluding carboxylic acids is 2. The van der Waals surface area contributed by atoms with E-state index in [2.05, 4.69) is 20.4 Å². The van der Waals surface area contributed by atoms with E-state index >= 15 is 0 Å². The van der Waals surface area contributed by atoms with Gasteiger partial charge in [0.1, 0.15) is 23.9 Å². The van der Waals surface area contributed by atoms with Gasteiger partial charge in [0.15, 0.2) is 0 Å². The first kappa shape index (κ1) is 22.0. The van der Waals surface area contributed by atoms with Crippen molar-refractivity contribution in [3.63, 3.8) is 0 Å². The van der Waals surface area contributed by atoms with Gasteiger partial charge in [0, 0.05) is 18.2 Å². The van der Waals surface area contributed by atoms with Crippen molar-refractivity contribution in [2.45, 2.75) is 27.1 Å². The number of ether oxygens (including phenoxy) is 2. The van der Waals surface area contributed by atoms with Crippen LogP contribution in [0.15, 0.2) is 30.3 Å². The van der Waals surface area contributed by atoms with Crippen molar-refractivity contribution < 1.29 is 32.2 Å². The van der Waals surface area contributed by atoms with Gasteiger partial charge in [0.2, 0.25) is 5.91 Å². The summed E-state index contributed by atoms with van der Waals surface area (Å²) in [5, 5.41) is 5.18. The van der Waals surface area contributed by atoms with Gasteiger partial charge in [-0.15, -0.1) is 13.2 Å². The van der Waals surface area contributed by atoms with Crippen LogP contribution < -0.4 is 20.1 Å². The lowest BCUT2D eigenvalue weighted by atomic mass is 10.2. The predicted octanol–water partition coefficient (Wildman–Crippen LogP) is 3.36. The van der Waals surface area contributed by atoms with Crippen LogP contribution in [0.3, 0.4) is 0 Å². The van der Waals surface area contributed by atoms with Gasteiger partial charge in [-0.3, -0.25) is 9.59 Å². The highest BCUT2D eigenvalue weighted by Crippen LogP contribution is 2.27. The molecule has 156 valence electrons. The molecule has 0 radical (unpaired) electrons. The van der Waals surface area contributed by atoms with Crippen LogP contribution in [-0.4, -0.2) is 36.3 Å². The molecule has 2 aromatic rings. The maximum absolute atomic E-state index is 12.3. The number of nitrogens with zero attached hydrogens (tertiary/aromatic N) is 1. The first-order valence-electron chi connectivity index (χ1n) is 8.57. The van der Waals surface area contributed by atoms with Crippen molar-refractivity contribution in [3.05, 3.63) is 47.2 Å². The summed E-state index contributed by atoms with van der Waals surface area (Å²) in [5.74, 6) is -0.364. The number of aryl methyl sites for hydroxylation is 2. The number of rotatable bonds is 7. The Balaban J connectivity index is 1.88. The van der Waals surface area contributed by atoms with Crippen LogP contribution in [0.2, 0.25) is 0 Å². The first-order chi connectivity index (χ1) is 13.5. The molecule has 1 aromatic heterocycles. The summed E-state index contributed by atoms with van der Waals surface area (Å²) in [7, 11) is 0. The molecule has 0 bridgehead atoms. The summed E-state index contributed by atoms with van der Waals surface area (Å²) in [6.45, 7) is 4.88. The Bertz CT molecular complexity index is 901. The number of hydrogen-bond donors (Lipinski definition) is 2. The minimum atomic E-state index is -4.76. The van der Waals surface area contributed by atoms with E-state index < -0.39 is 6.36 Å². The number of halogens is 3. The third-order valence-electron chi connectivity index (χ3n) is 3.54. The summed E-state index contributed by atoms with van der Waals surface area (Å²) >= 11 is 0. The molecule has 0 saturated carbocycles. The van der Waals surface area contributed by atoms with E-state index in [4.69, 9.17) is 4.74 Å². The Morgan fingerprint density at radius 3 is 2.48 bits per heavy atom. The zero-order chi connectivity index (χ0) is 21.6. The average Bonchev–Trinajstić information content (AvgIpc) is 2.57. The molecule has 0 fully saturated rings. The van der Waals surface area contributed by atoms with Crippen molar-refractivity contribution in [2.75, 3.05) is 18.5 Å². The maximum atomic E-state index is 12.3. The topological polar surface area (TPSA) is 89.6 Å². The van der Waals surface area contributed by atoms with E-state index in [-0.39, 0.29) is 36.5 Å². The fraction of sp³-hybridized carbons (Fsp3) is 0.316. The van der Waals surface area contributed by atoms with Crippen LogP contribution in [-0.2, 0) is 4.79 Å². The van der Waals surface area contributed by atoms with Crippen LogP contribution in [0, 0.1) is 13.8 Å². The van der Waals surface area contributed by atoms with E-state index in [1.165, 1.54) is 25.1 Å². The third-order valence-corrected chi connectivity index (χ3v) is 3.54. The number of anilines is 1. The summed E-state index contributed by atoms with van der Waals surface area (Å²) in [6, 6.07) is 6.76. The van der Waals surface area contributed by atoms with E-state index in [0.29, 0.717) is 22.6 Å². The highest BCUT2D eigenvalue weighted by atomic mass is 19.4. The Hall–Kier alpha value is -3.30. The van der Waals surface area contributed by atoms with Gasteiger partial charge in [0.05, 0.1) is 6.54 Å². The number of hydrogen-bond acceptors (Lipinski definition) is 5. The quantitative estimate of drug-likeness (QED) is 0.682. The SMILES string of the molecule is CC(=O)Nc1cc(C(=O)NCCOc2ccc(OC(F)(F)F)cc2C)cc(C)n1. The van der Waals surface area contributed by atoms with Crippen molar-refractivity contribution in [3.8, 4) is 11.5 Å². The average molecular weight is 411 g/mol. The largest absolute Gasteiger partial charge is 0.573 e. The summed E-state index contributed by atoms with van der Waals surface area (Å²) in [4.78, 5) is 27.5. The van der Waals surface area contributed by atoms with Crippen molar-refractivity contribution in [1.29, 1.82) is 0 Å². The second kappa shape index (κ2) is 9.26. The molecule has 0 spiro atoms. The van der Waals surface area contributed by atoms with Crippen LogP contribution in [0.1, 0.15) is 28.5 Å². The second-order valence-corrected chi connectivity index (χ2v) is 6.14. The molecular weight excluding hydrogens is 391 g/mol. The number of benzene rings is 1. The van der Waals surface area contributed by atoms with Crippen molar-refractivity contribution in [1.82, 2.24) is 10.3 Å². The Kier molecular flexibility index (Phi) is 7.03. The monoisotopic (exact) mass is 411 g/mol. The number of pyridine rings is 1. The van der Waals surface area contributed by atoms with Gasteiger partial charge in [0.25, 0.3) is 5.91 Å². The molecule has 0 unspecified atom stereocenters. The Morgan fingerprint density at radius 1 is 1.14 bits per heavy atom. The number of nitrogens with one attached hydrogen (secondary N) is 2. The molecule has 2 amide bonds. The molecule has 2 rings (SSSR count). The fourth-order valence-electron chi connectivity index (χ4n) is 2.45. The molecule has 1 heterocycles. The van der Waals surface area contributed by atoms with Crippen LogP contribution in [0.5, 0.6) is 11.5 Å². The molecule has 0 aliphatic carbocycles. The van der Waals surface area contributed by atoms with E-state index in [1.807, 2.05) is 0 Å². The van der Waals surface area contributed by atoms with Gasteiger partial charge in [-0.25, -0.2) is 4.98 Å². The molecule has 0 aliphatic rings. The van der Waals surface area contributed by atoms with E-state index in [9.17, 15) is 22.8 Å². The number of amides is 2. The van der Waals surface area contributed by atoms with Crippen LogP contribution in [0.4, 0.5) is 19.0 Å². The first-order valence-corrected chi connectivity index (χ1v) is 8.57. The highest BCUT2D eigenvalue weighted by molar-refractivity contribution is 5.96. The lowest BCUT2D eigenvalue weighted by Gasteiger charge is -2.13. The minimum absolute atomic E-state index is 0.106. The molecule has 0 saturated heterocycles. The van der Waals surface area contributed by atoms with Crippen LogP contribution in [0.25, 0.3) is 0 Å². The Labute approximate surface area is 165 Å². The normalized spacial score (nSPS) is 11.0. The maximum Gasteiger partial charge on any atom is 0.573 e. The lowest BCUT2D eigenvalue weighted by Crippen LogP contribution is -2.28. The molecular formula is C19H20F3N3O4. The molecule has 2 N–H and O–H groups in total. The summed E-state index contributed by atoms with van der Waals surface area (Å²) in [6.07, 6.45) is -4.76. The number of aromatic nitrogens is 1. The predicted molar refractivity (Wildman–Crippen MR) is 99.0 cm³/mol. The minimum Gasteiger partial charge on any atom is -0.491 e. The molecule has 29 heavy (non-hydrogen) atoms. The second-order valence-electron chi connectivity index (χ2n) is 6.14. The zero-order valence-electron chi connectivity index (χ0n) is 16.0. The molecule has 0 aliphatic heterocycles. The Morgan fingerprint density at radius 2 is 1.86 bits per heavy atom. The van der Waals surface area contributed by atoms with E-state index in [0.717, 1.165) is 6.07 Å². The smallest absolute Gasteiger partial charge is 0.491 e. The number of alkyl halides is 3. The standard InChI is InChI=1S/C19H20F3N3O4/c1-11-8-15(29-19(20,21)22)4-5-16(11)28-7-6-23-18(27)14-9-12(2)24-17(10-14)25-13(3)26/h4-5,8-10H,6-7H2,1-3H3,(H,23,27)(H,24,25,26). The molecule has 1 aromatic carbocycles. The van der Waals surface area contributed by atoms with Gasteiger partial charge >= 0.3 is 6.36 Å². The van der Waals surface area contributed by atoms with Gasteiger partial charge in [-0.05, 0) is 49.7 Å². The van der Waals surface area contributed by atoms with E-state index in [1.54, 1.807) is 19.9 Å². The molecule has 10 heteroatoms.